The van der Waals surface area contributed by atoms with Crippen molar-refractivity contribution in [3.8, 4) is 11.5 Å². The minimum absolute atomic E-state index is 0.336. The molecule has 0 radical (unpaired) electrons. The average molecular weight is 259 g/mol. The second-order valence-electron chi connectivity index (χ2n) is 3.59. The van der Waals surface area contributed by atoms with Crippen LogP contribution in [-0.4, -0.2) is 35.4 Å². The van der Waals surface area contributed by atoms with E-state index in [2.05, 4.69) is 4.72 Å². The van der Waals surface area contributed by atoms with Gasteiger partial charge in [0.25, 0.3) is 0 Å². The van der Waals surface area contributed by atoms with Crippen LogP contribution in [0.15, 0.2) is 18.2 Å². The highest BCUT2D eigenvalue weighted by Crippen LogP contribution is 2.24. The molecular weight excluding hydrogens is 242 g/mol. The van der Waals surface area contributed by atoms with Gasteiger partial charge >= 0.3 is 0 Å². The van der Waals surface area contributed by atoms with Crippen molar-refractivity contribution in [2.24, 2.45) is 0 Å². The Bertz CT molecular complexity index is 470. The first-order valence-corrected chi connectivity index (χ1v) is 7.01. The lowest BCUT2D eigenvalue weighted by Crippen LogP contribution is -2.24. The zero-order valence-corrected chi connectivity index (χ0v) is 11.0. The largest absolute Gasteiger partial charge is 0.497 e. The topological polar surface area (TPSA) is 64.6 Å². The predicted molar refractivity (Wildman–Crippen MR) is 66.1 cm³/mol. The van der Waals surface area contributed by atoms with Crippen LogP contribution in [0.4, 0.5) is 0 Å². The van der Waals surface area contributed by atoms with Crippen molar-refractivity contribution in [3.05, 3.63) is 23.8 Å². The first-order chi connectivity index (χ1) is 7.96. The van der Waals surface area contributed by atoms with E-state index in [1.165, 1.54) is 0 Å². The molecule has 0 saturated heterocycles. The standard InChI is InChI=1S/C11H17NO4S/c1-15-10-4-5-11(16-2)9(8-10)6-7-12-17(3,13)14/h4-5,8,12H,6-7H2,1-3H3. The Kier molecular flexibility index (Phi) is 4.77. The lowest BCUT2D eigenvalue weighted by molar-refractivity contribution is 0.398. The van der Waals surface area contributed by atoms with Gasteiger partial charge in [-0.05, 0) is 30.2 Å². The fourth-order valence-electron chi connectivity index (χ4n) is 1.45. The molecule has 6 heteroatoms. The summed E-state index contributed by atoms with van der Waals surface area (Å²) in [5.41, 5.74) is 0.906. The molecule has 17 heavy (non-hydrogen) atoms. The Hall–Kier alpha value is -1.27. The van der Waals surface area contributed by atoms with Gasteiger partial charge in [-0.1, -0.05) is 0 Å². The third kappa shape index (κ3) is 4.62. The molecule has 5 nitrogen and oxygen atoms in total. The van der Waals surface area contributed by atoms with Crippen molar-refractivity contribution in [1.82, 2.24) is 4.72 Å². The molecule has 96 valence electrons. The van der Waals surface area contributed by atoms with E-state index in [1.807, 2.05) is 6.07 Å². The Morgan fingerprint density at radius 3 is 2.47 bits per heavy atom. The summed E-state index contributed by atoms with van der Waals surface area (Å²) >= 11 is 0. The third-order valence-corrected chi connectivity index (χ3v) is 2.97. The summed E-state index contributed by atoms with van der Waals surface area (Å²) in [4.78, 5) is 0. The third-order valence-electron chi connectivity index (χ3n) is 2.25. The molecule has 0 atom stereocenters. The molecule has 0 spiro atoms. The zero-order valence-electron chi connectivity index (χ0n) is 10.2. The molecule has 1 aromatic carbocycles. The first kappa shape index (κ1) is 13.8. The van der Waals surface area contributed by atoms with Gasteiger partial charge in [0.1, 0.15) is 11.5 Å². The average Bonchev–Trinajstić information content (AvgIpc) is 2.27. The molecule has 0 unspecified atom stereocenters. The van der Waals surface area contributed by atoms with Crippen LogP contribution in [0.25, 0.3) is 0 Å². The molecule has 0 saturated carbocycles. The molecule has 0 aliphatic heterocycles. The monoisotopic (exact) mass is 259 g/mol. The summed E-state index contributed by atoms with van der Waals surface area (Å²) in [6.07, 6.45) is 1.68. The van der Waals surface area contributed by atoms with E-state index in [-0.39, 0.29) is 0 Å². The maximum Gasteiger partial charge on any atom is 0.208 e. The van der Waals surface area contributed by atoms with E-state index >= 15 is 0 Å². The van der Waals surface area contributed by atoms with Gasteiger partial charge in [-0.2, -0.15) is 0 Å². The van der Waals surface area contributed by atoms with E-state index in [0.717, 1.165) is 23.3 Å². The summed E-state index contributed by atoms with van der Waals surface area (Å²) in [5, 5.41) is 0. The normalized spacial score (nSPS) is 11.2. The van der Waals surface area contributed by atoms with E-state index in [0.29, 0.717) is 13.0 Å². The Morgan fingerprint density at radius 2 is 1.94 bits per heavy atom. The van der Waals surface area contributed by atoms with Gasteiger partial charge in [-0.25, -0.2) is 13.1 Å². The highest BCUT2D eigenvalue weighted by molar-refractivity contribution is 7.88. The number of sulfonamides is 1. The van der Waals surface area contributed by atoms with E-state index in [4.69, 9.17) is 9.47 Å². The molecule has 0 bridgehead atoms. The van der Waals surface area contributed by atoms with Crippen molar-refractivity contribution in [1.29, 1.82) is 0 Å². The van der Waals surface area contributed by atoms with Crippen LogP contribution in [0.5, 0.6) is 11.5 Å². The molecule has 0 amide bonds. The molecule has 1 N–H and O–H groups in total. The summed E-state index contributed by atoms with van der Waals surface area (Å²) in [6.45, 7) is 0.336. The maximum atomic E-state index is 10.9. The summed E-state index contributed by atoms with van der Waals surface area (Å²) < 4.78 is 34.6. The van der Waals surface area contributed by atoms with Crippen LogP contribution in [0.2, 0.25) is 0 Å². The van der Waals surface area contributed by atoms with Gasteiger partial charge in [-0.15, -0.1) is 0 Å². The fraction of sp³-hybridized carbons (Fsp3) is 0.455. The smallest absolute Gasteiger partial charge is 0.208 e. The Morgan fingerprint density at radius 1 is 1.24 bits per heavy atom. The van der Waals surface area contributed by atoms with E-state index in [9.17, 15) is 8.42 Å². The molecule has 0 aliphatic carbocycles. The van der Waals surface area contributed by atoms with Crippen LogP contribution in [0, 0.1) is 0 Å². The van der Waals surface area contributed by atoms with Crippen molar-refractivity contribution in [2.45, 2.75) is 6.42 Å². The highest BCUT2D eigenvalue weighted by Gasteiger charge is 2.06. The molecule has 0 heterocycles. The van der Waals surface area contributed by atoms with Gasteiger partial charge in [-0.3, -0.25) is 0 Å². The Balaban J connectivity index is 2.74. The van der Waals surface area contributed by atoms with Crippen LogP contribution in [0.1, 0.15) is 5.56 Å². The number of hydrogen-bond acceptors (Lipinski definition) is 4. The zero-order chi connectivity index (χ0) is 12.9. The van der Waals surface area contributed by atoms with E-state index < -0.39 is 10.0 Å². The number of rotatable bonds is 6. The molecule has 0 fully saturated rings. The van der Waals surface area contributed by atoms with Gasteiger partial charge < -0.3 is 9.47 Å². The second kappa shape index (κ2) is 5.88. The van der Waals surface area contributed by atoms with Crippen LogP contribution < -0.4 is 14.2 Å². The minimum atomic E-state index is -3.15. The fourth-order valence-corrected chi connectivity index (χ4v) is 1.92. The molecule has 1 rings (SSSR count). The molecular formula is C11H17NO4S. The van der Waals surface area contributed by atoms with Crippen molar-refractivity contribution >= 4 is 10.0 Å². The SMILES string of the molecule is COc1ccc(OC)c(CCNS(C)(=O)=O)c1. The number of methoxy groups -OCH3 is 2. The second-order valence-corrected chi connectivity index (χ2v) is 5.43. The number of ether oxygens (including phenoxy) is 2. The van der Waals surface area contributed by atoms with Gasteiger partial charge in [0.05, 0.1) is 20.5 Å². The van der Waals surface area contributed by atoms with Crippen LogP contribution in [-0.2, 0) is 16.4 Å². The highest BCUT2D eigenvalue weighted by atomic mass is 32.2. The summed E-state index contributed by atoms with van der Waals surface area (Å²) in [5.74, 6) is 1.45. The Labute approximate surface area is 102 Å². The number of hydrogen-bond donors (Lipinski definition) is 1. The maximum absolute atomic E-state index is 10.9. The summed E-state index contributed by atoms with van der Waals surface area (Å²) in [7, 11) is 0.0107. The van der Waals surface area contributed by atoms with Crippen molar-refractivity contribution in [3.63, 3.8) is 0 Å². The lowest BCUT2D eigenvalue weighted by atomic mass is 10.1. The summed E-state index contributed by atoms with van der Waals surface area (Å²) in [6, 6.07) is 5.43. The molecule has 0 aliphatic rings. The molecule has 1 aromatic rings. The molecule has 0 aromatic heterocycles. The minimum Gasteiger partial charge on any atom is -0.497 e. The van der Waals surface area contributed by atoms with Gasteiger partial charge in [0.2, 0.25) is 10.0 Å². The van der Waals surface area contributed by atoms with Gasteiger partial charge in [0, 0.05) is 6.54 Å². The van der Waals surface area contributed by atoms with Crippen LogP contribution in [0.3, 0.4) is 0 Å². The predicted octanol–water partition coefficient (Wildman–Crippen LogP) is 0.795. The first-order valence-electron chi connectivity index (χ1n) is 5.12. The van der Waals surface area contributed by atoms with Gasteiger partial charge in [0.15, 0.2) is 0 Å². The van der Waals surface area contributed by atoms with Crippen molar-refractivity contribution in [2.75, 3.05) is 27.0 Å². The van der Waals surface area contributed by atoms with E-state index in [1.54, 1.807) is 26.4 Å². The number of benzene rings is 1. The lowest BCUT2D eigenvalue weighted by Gasteiger charge is -2.10. The van der Waals surface area contributed by atoms with Crippen LogP contribution >= 0.6 is 0 Å². The quantitative estimate of drug-likeness (QED) is 0.820. The van der Waals surface area contributed by atoms with Crippen molar-refractivity contribution < 1.29 is 17.9 Å². The number of nitrogens with one attached hydrogen (secondary N) is 1.